The largest absolute Gasteiger partial charge is 0.319 e. The lowest BCUT2D eigenvalue weighted by Crippen LogP contribution is -2.32. The van der Waals surface area contributed by atoms with Gasteiger partial charge >= 0.3 is 0 Å². The van der Waals surface area contributed by atoms with Crippen LogP contribution in [0.2, 0.25) is 0 Å². The van der Waals surface area contributed by atoms with Gasteiger partial charge in [0.15, 0.2) is 12.6 Å². The van der Waals surface area contributed by atoms with Crippen LogP contribution in [0.25, 0.3) is 0 Å². The fourth-order valence-electron chi connectivity index (χ4n) is 2.50. The number of piperidine rings is 1. The molecule has 0 atom stereocenters. The summed E-state index contributed by atoms with van der Waals surface area (Å²) in [4.78, 5) is 4.31. The first-order chi connectivity index (χ1) is 8.33. The average Bonchev–Trinajstić information content (AvgIpc) is 2.36. The monoisotopic (exact) mass is 234 g/mol. The molecule has 2 aliphatic rings. The van der Waals surface area contributed by atoms with Gasteiger partial charge in [-0.1, -0.05) is 0 Å². The van der Waals surface area contributed by atoms with Crippen molar-refractivity contribution >= 4 is 0 Å². The summed E-state index contributed by atoms with van der Waals surface area (Å²) in [5.41, 5.74) is 2.36. The summed E-state index contributed by atoms with van der Waals surface area (Å²) in [6.45, 7) is 4.10. The van der Waals surface area contributed by atoms with Crippen LogP contribution in [0.1, 0.15) is 43.1 Å². The minimum atomic E-state index is -0.209. The predicted molar refractivity (Wildman–Crippen MR) is 63.5 cm³/mol. The van der Waals surface area contributed by atoms with Gasteiger partial charge in [0.2, 0.25) is 0 Å². The third-order valence-corrected chi connectivity index (χ3v) is 3.49. The molecule has 17 heavy (non-hydrogen) atoms. The summed E-state index contributed by atoms with van der Waals surface area (Å²) in [7, 11) is 0. The molecule has 0 aromatic carbocycles. The maximum atomic E-state index is 5.49. The highest BCUT2D eigenvalue weighted by Crippen LogP contribution is 2.33. The summed E-state index contributed by atoms with van der Waals surface area (Å²) < 4.78 is 11.0. The lowest BCUT2D eigenvalue weighted by Gasteiger charge is -2.34. The molecule has 0 radical (unpaired) electrons. The van der Waals surface area contributed by atoms with E-state index in [0.29, 0.717) is 5.92 Å². The molecule has 3 heterocycles. The third-order valence-electron chi connectivity index (χ3n) is 3.49. The van der Waals surface area contributed by atoms with Gasteiger partial charge in [0, 0.05) is 18.0 Å². The fourth-order valence-corrected chi connectivity index (χ4v) is 2.50. The van der Waals surface area contributed by atoms with Gasteiger partial charge in [-0.2, -0.15) is 0 Å². The van der Waals surface area contributed by atoms with Crippen molar-refractivity contribution in [3.05, 3.63) is 29.6 Å². The van der Waals surface area contributed by atoms with Crippen molar-refractivity contribution in [2.45, 2.75) is 38.3 Å². The molecule has 0 amide bonds. The summed E-state index contributed by atoms with van der Waals surface area (Å²) in [5, 5.41) is 3.38. The highest BCUT2D eigenvalue weighted by atomic mass is 16.9. The van der Waals surface area contributed by atoms with E-state index in [0.717, 1.165) is 18.7 Å². The van der Waals surface area contributed by atoms with Crippen LogP contribution in [0.5, 0.6) is 0 Å². The number of hydrogen-bond donors (Lipinski definition) is 1. The first kappa shape index (κ1) is 11.1. The molecule has 0 spiro atoms. The van der Waals surface area contributed by atoms with Gasteiger partial charge in [-0.25, -0.2) is 0 Å². The van der Waals surface area contributed by atoms with E-state index in [2.05, 4.69) is 16.4 Å². The van der Waals surface area contributed by atoms with E-state index >= 15 is 0 Å². The molecule has 1 N–H and O–H groups in total. The smallest absolute Gasteiger partial charge is 0.191 e. The van der Waals surface area contributed by atoms with Gasteiger partial charge in [-0.05, 0) is 50.4 Å². The van der Waals surface area contributed by atoms with Crippen molar-refractivity contribution in [3.63, 3.8) is 0 Å². The van der Waals surface area contributed by atoms with Crippen LogP contribution in [0, 0.1) is 0 Å². The summed E-state index contributed by atoms with van der Waals surface area (Å²) in [6.07, 6.45) is 5.89. The normalized spacial score (nSPS) is 29.9. The molecule has 92 valence electrons. The molecule has 0 saturated carbocycles. The van der Waals surface area contributed by atoms with Crippen molar-refractivity contribution < 1.29 is 9.47 Å². The van der Waals surface area contributed by atoms with Gasteiger partial charge < -0.3 is 14.8 Å². The van der Waals surface area contributed by atoms with E-state index in [9.17, 15) is 0 Å². The Hall–Kier alpha value is -0.970. The molecule has 2 aliphatic heterocycles. The van der Waals surface area contributed by atoms with E-state index in [1.54, 1.807) is 0 Å². The first-order valence-electron chi connectivity index (χ1n) is 6.29. The molecular formula is C13H18N2O2. The van der Waals surface area contributed by atoms with E-state index < -0.39 is 0 Å². The van der Waals surface area contributed by atoms with Crippen molar-refractivity contribution in [3.8, 4) is 0 Å². The maximum Gasteiger partial charge on any atom is 0.191 e. The predicted octanol–water partition coefficient (Wildman–Crippen LogP) is 1.94. The Bertz CT molecular complexity index is 385. The second-order valence-corrected chi connectivity index (χ2v) is 4.75. The standard InChI is InChI=1S/C13H18N2O2/c1-9-16-13(17-9)12-6-11(7-15-8-12)10-2-4-14-5-3-10/h6-10,13-14H,2-5H2,1H3. The number of hydrogen-bond acceptors (Lipinski definition) is 4. The molecule has 3 rings (SSSR count). The molecule has 4 nitrogen and oxygen atoms in total. The number of pyridine rings is 1. The number of aromatic nitrogens is 1. The Balaban J connectivity index is 1.74. The number of nitrogens with zero attached hydrogens (tertiary/aromatic N) is 1. The molecule has 1 aromatic rings. The number of rotatable bonds is 2. The maximum absolute atomic E-state index is 5.49. The Labute approximate surface area is 101 Å². The summed E-state index contributed by atoms with van der Waals surface area (Å²) in [6, 6.07) is 2.18. The van der Waals surface area contributed by atoms with Gasteiger partial charge in [-0.3, -0.25) is 4.98 Å². The number of nitrogens with one attached hydrogen (secondary N) is 1. The molecule has 4 heteroatoms. The lowest BCUT2D eigenvalue weighted by atomic mass is 9.90. The van der Waals surface area contributed by atoms with Crippen molar-refractivity contribution in [1.82, 2.24) is 10.3 Å². The Kier molecular flexibility index (Phi) is 3.09. The number of ether oxygens (including phenoxy) is 2. The van der Waals surface area contributed by atoms with E-state index in [4.69, 9.17) is 9.47 Å². The van der Waals surface area contributed by atoms with E-state index in [-0.39, 0.29) is 12.6 Å². The van der Waals surface area contributed by atoms with Gasteiger partial charge in [0.1, 0.15) is 0 Å². The zero-order chi connectivity index (χ0) is 11.7. The second-order valence-electron chi connectivity index (χ2n) is 4.75. The van der Waals surface area contributed by atoms with E-state index in [1.807, 2.05) is 19.3 Å². The van der Waals surface area contributed by atoms with Crippen LogP contribution in [-0.2, 0) is 9.47 Å². The van der Waals surface area contributed by atoms with Crippen molar-refractivity contribution in [1.29, 1.82) is 0 Å². The zero-order valence-electron chi connectivity index (χ0n) is 10.1. The summed E-state index contributed by atoms with van der Waals surface area (Å²) >= 11 is 0. The molecule has 1 aromatic heterocycles. The quantitative estimate of drug-likeness (QED) is 0.849. The minimum Gasteiger partial charge on any atom is -0.319 e. The fraction of sp³-hybridized carbons (Fsp3) is 0.615. The van der Waals surface area contributed by atoms with Gasteiger partial charge in [0.05, 0.1) is 0 Å². The van der Waals surface area contributed by atoms with Crippen LogP contribution in [-0.4, -0.2) is 24.4 Å². The molecule has 2 saturated heterocycles. The Morgan fingerprint density at radius 2 is 1.88 bits per heavy atom. The van der Waals surface area contributed by atoms with Crippen molar-refractivity contribution in [2.24, 2.45) is 0 Å². The van der Waals surface area contributed by atoms with Crippen LogP contribution in [0.3, 0.4) is 0 Å². The molecule has 0 bridgehead atoms. The molecule has 0 unspecified atom stereocenters. The highest BCUT2D eigenvalue weighted by molar-refractivity contribution is 5.23. The van der Waals surface area contributed by atoms with Crippen LogP contribution in [0.4, 0.5) is 0 Å². The summed E-state index contributed by atoms with van der Waals surface area (Å²) in [5.74, 6) is 0.626. The topological polar surface area (TPSA) is 43.4 Å². The van der Waals surface area contributed by atoms with Gasteiger partial charge in [-0.15, -0.1) is 0 Å². The van der Waals surface area contributed by atoms with Crippen LogP contribution >= 0.6 is 0 Å². The van der Waals surface area contributed by atoms with Gasteiger partial charge in [0.25, 0.3) is 0 Å². The molecule has 0 aliphatic carbocycles. The SMILES string of the molecule is CC1OC(c2cncc(C3CCNCC3)c2)O1. The first-order valence-corrected chi connectivity index (χ1v) is 6.29. The Morgan fingerprint density at radius 1 is 1.18 bits per heavy atom. The van der Waals surface area contributed by atoms with Crippen LogP contribution in [0.15, 0.2) is 18.5 Å². The highest BCUT2D eigenvalue weighted by Gasteiger charge is 2.29. The minimum absolute atomic E-state index is 0.0810. The molecular weight excluding hydrogens is 216 g/mol. The average molecular weight is 234 g/mol. The third kappa shape index (κ3) is 2.34. The van der Waals surface area contributed by atoms with E-state index in [1.165, 1.54) is 18.4 Å². The molecule has 2 fully saturated rings. The second kappa shape index (κ2) is 4.72. The lowest BCUT2D eigenvalue weighted by molar-refractivity contribution is -0.382. The zero-order valence-corrected chi connectivity index (χ0v) is 10.1. The Morgan fingerprint density at radius 3 is 2.59 bits per heavy atom. The van der Waals surface area contributed by atoms with Crippen molar-refractivity contribution in [2.75, 3.05) is 13.1 Å². The van der Waals surface area contributed by atoms with Crippen LogP contribution < -0.4 is 5.32 Å².